The fourth-order valence-corrected chi connectivity index (χ4v) is 9.03. The third-order valence-corrected chi connectivity index (χ3v) is 10.4. The van der Waals surface area contributed by atoms with Gasteiger partial charge in [-0.3, -0.25) is 14.4 Å². The number of unbranched alkanes of at least 4 members (excludes halogenated alkanes) is 2. The van der Waals surface area contributed by atoms with Gasteiger partial charge in [0.1, 0.15) is 6.04 Å². The number of nitrogens with one attached hydrogen (secondary N) is 1. The summed E-state index contributed by atoms with van der Waals surface area (Å²) in [6, 6.07) is 7.16. The van der Waals surface area contributed by atoms with Gasteiger partial charge >= 0.3 is 5.97 Å². The van der Waals surface area contributed by atoms with Crippen molar-refractivity contribution in [2.24, 2.45) is 11.8 Å². The second-order valence-electron chi connectivity index (χ2n) is 10.5. The number of thioether (sulfide) groups is 1. The van der Waals surface area contributed by atoms with E-state index in [-0.39, 0.29) is 31.0 Å². The SMILES string of the molecule is CCOC(=O)[C@@H]1[C@H]2C(=O)N(CCCCCO)C(C(=O)Nc3ccc(N(CC)CC)cc3)C23CC[C@@]1(C)S3. The standard InChI is InChI=1S/C28H41N3O5S/c1-5-30(6-2)20-13-11-19(12-14-20)29-24(33)23-28-16-15-27(4,37-28)22(26(35)36-7-3)21(28)25(34)31(23)17-9-8-10-18-32/h11-14,21-23,32H,5-10,15-18H2,1-4H3,(H,29,33)/t21-,22-,23?,27+,28?/m0/s1. The predicted octanol–water partition coefficient (Wildman–Crippen LogP) is 3.68. The van der Waals surface area contributed by atoms with Gasteiger partial charge in [-0.1, -0.05) is 0 Å². The first-order valence-corrected chi connectivity index (χ1v) is 14.5. The largest absolute Gasteiger partial charge is 0.466 e. The number of rotatable bonds is 12. The van der Waals surface area contributed by atoms with Crippen molar-refractivity contribution in [3.63, 3.8) is 0 Å². The van der Waals surface area contributed by atoms with Crippen molar-refractivity contribution in [1.29, 1.82) is 0 Å². The van der Waals surface area contributed by atoms with Gasteiger partial charge in [-0.2, -0.15) is 0 Å². The Morgan fingerprint density at radius 3 is 2.46 bits per heavy atom. The van der Waals surface area contributed by atoms with Crippen LogP contribution >= 0.6 is 11.8 Å². The molecule has 204 valence electrons. The number of ether oxygens (including phenoxy) is 1. The van der Waals surface area contributed by atoms with Crippen molar-refractivity contribution in [1.82, 2.24) is 4.90 Å². The maximum absolute atomic E-state index is 13.9. The van der Waals surface area contributed by atoms with Crippen LogP contribution in [-0.2, 0) is 19.1 Å². The molecule has 0 aromatic heterocycles. The normalized spacial score (nSPS) is 29.9. The van der Waals surface area contributed by atoms with Crippen LogP contribution in [0, 0.1) is 11.8 Å². The van der Waals surface area contributed by atoms with Crippen LogP contribution in [0.4, 0.5) is 11.4 Å². The molecule has 3 heterocycles. The topological polar surface area (TPSA) is 99.2 Å². The van der Waals surface area contributed by atoms with Gasteiger partial charge in [0.15, 0.2) is 0 Å². The smallest absolute Gasteiger partial charge is 0.311 e. The summed E-state index contributed by atoms with van der Waals surface area (Å²) in [6.07, 6.45) is 3.61. The predicted molar refractivity (Wildman–Crippen MR) is 147 cm³/mol. The average Bonchev–Trinajstić information content (AvgIpc) is 3.44. The number of amides is 2. The molecule has 9 heteroatoms. The quantitative estimate of drug-likeness (QED) is 0.314. The monoisotopic (exact) mass is 531 g/mol. The Morgan fingerprint density at radius 1 is 1.14 bits per heavy atom. The molecular formula is C28H41N3O5S. The summed E-state index contributed by atoms with van der Waals surface area (Å²) in [7, 11) is 0. The van der Waals surface area contributed by atoms with E-state index in [1.807, 2.05) is 31.2 Å². The number of benzene rings is 1. The number of nitrogens with zero attached hydrogens (tertiary/aromatic N) is 2. The van der Waals surface area contributed by atoms with Gasteiger partial charge in [0.25, 0.3) is 0 Å². The molecule has 3 saturated heterocycles. The molecule has 5 atom stereocenters. The van der Waals surface area contributed by atoms with Gasteiger partial charge in [0.2, 0.25) is 11.8 Å². The molecule has 3 aliphatic heterocycles. The van der Waals surface area contributed by atoms with Crippen LogP contribution in [0.1, 0.15) is 59.8 Å². The van der Waals surface area contributed by atoms with Crippen molar-refractivity contribution < 1.29 is 24.2 Å². The number of aliphatic hydroxyl groups is 1. The van der Waals surface area contributed by atoms with E-state index < -0.39 is 27.4 Å². The van der Waals surface area contributed by atoms with Gasteiger partial charge < -0.3 is 25.0 Å². The van der Waals surface area contributed by atoms with Gasteiger partial charge in [-0.15, -0.1) is 11.8 Å². The minimum absolute atomic E-state index is 0.104. The maximum Gasteiger partial charge on any atom is 0.311 e. The van der Waals surface area contributed by atoms with Gasteiger partial charge in [0, 0.05) is 42.4 Å². The molecule has 8 nitrogen and oxygen atoms in total. The zero-order valence-electron chi connectivity index (χ0n) is 22.5. The summed E-state index contributed by atoms with van der Waals surface area (Å²) in [6.45, 7) is 10.7. The number of likely N-dealkylation sites (tertiary alicyclic amines) is 1. The highest BCUT2D eigenvalue weighted by Crippen LogP contribution is 2.71. The number of anilines is 2. The van der Waals surface area contributed by atoms with Crippen molar-refractivity contribution in [2.75, 3.05) is 43.1 Å². The van der Waals surface area contributed by atoms with E-state index in [4.69, 9.17) is 4.74 Å². The number of carbonyl (C=O) groups excluding carboxylic acids is 3. The lowest BCUT2D eigenvalue weighted by molar-refractivity contribution is -0.155. The third kappa shape index (κ3) is 4.85. The molecule has 1 aromatic rings. The Morgan fingerprint density at radius 2 is 1.84 bits per heavy atom. The maximum atomic E-state index is 13.9. The van der Waals surface area contributed by atoms with Crippen molar-refractivity contribution >= 4 is 40.9 Å². The third-order valence-electron chi connectivity index (χ3n) is 8.39. The molecule has 3 aliphatic rings. The van der Waals surface area contributed by atoms with Crippen molar-refractivity contribution in [3.05, 3.63) is 24.3 Å². The van der Waals surface area contributed by atoms with E-state index in [0.717, 1.165) is 31.6 Å². The Hall–Kier alpha value is -2.26. The molecule has 2 amide bonds. The van der Waals surface area contributed by atoms with Gasteiger partial charge in [0.05, 0.1) is 23.2 Å². The molecule has 4 rings (SSSR count). The number of fused-ring (bicyclic) bond motifs is 1. The van der Waals surface area contributed by atoms with Crippen molar-refractivity contribution in [3.8, 4) is 0 Å². The fraction of sp³-hybridized carbons (Fsp3) is 0.679. The first-order valence-electron chi connectivity index (χ1n) is 13.7. The van der Waals surface area contributed by atoms with Crippen LogP contribution in [0.3, 0.4) is 0 Å². The van der Waals surface area contributed by atoms with E-state index in [2.05, 4.69) is 24.1 Å². The second-order valence-corrected chi connectivity index (χ2v) is 12.4. The molecule has 0 radical (unpaired) electrons. The lowest BCUT2D eigenvalue weighted by Crippen LogP contribution is -2.51. The fourth-order valence-electron chi connectivity index (χ4n) is 6.68. The average molecular weight is 532 g/mol. The zero-order chi connectivity index (χ0) is 26.8. The van der Waals surface area contributed by atoms with E-state index in [9.17, 15) is 19.5 Å². The van der Waals surface area contributed by atoms with Crippen LogP contribution in [0.25, 0.3) is 0 Å². The molecular weight excluding hydrogens is 490 g/mol. The van der Waals surface area contributed by atoms with Crippen LogP contribution in [0.2, 0.25) is 0 Å². The van der Waals surface area contributed by atoms with Crippen LogP contribution in [0.15, 0.2) is 24.3 Å². The Kier molecular flexibility index (Phi) is 8.43. The molecule has 1 aromatic carbocycles. The lowest BCUT2D eigenvalue weighted by atomic mass is 9.66. The molecule has 2 N–H and O–H groups in total. The molecule has 2 bridgehead atoms. The number of hydrogen-bond acceptors (Lipinski definition) is 7. The summed E-state index contributed by atoms with van der Waals surface area (Å²) in [5, 5.41) is 12.3. The molecule has 1 spiro atoms. The number of esters is 1. The van der Waals surface area contributed by atoms with Crippen LogP contribution < -0.4 is 10.2 Å². The molecule has 2 unspecified atom stereocenters. The summed E-state index contributed by atoms with van der Waals surface area (Å²) < 4.78 is 4.37. The first kappa shape index (κ1) is 27.8. The highest BCUT2D eigenvalue weighted by atomic mass is 32.2. The molecule has 37 heavy (non-hydrogen) atoms. The number of carbonyl (C=O) groups is 3. The minimum Gasteiger partial charge on any atom is -0.466 e. The summed E-state index contributed by atoms with van der Waals surface area (Å²) in [5.74, 6) is -1.76. The van der Waals surface area contributed by atoms with Crippen LogP contribution in [0.5, 0.6) is 0 Å². The minimum atomic E-state index is -0.659. The molecule has 3 fully saturated rings. The number of hydrogen-bond donors (Lipinski definition) is 2. The van der Waals surface area contributed by atoms with E-state index in [1.165, 1.54) is 0 Å². The highest BCUT2D eigenvalue weighted by Gasteiger charge is 2.77. The first-order chi connectivity index (χ1) is 17.8. The van der Waals surface area contributed by atoms with E-state index in [1.54, 1.807) is 23.6 Å². The number of aliphatic hydroxyl groups excluding tert-OH is 1. The van der Waals surface area contributed by atoms with Crippen LogP contribution in [-0.4, -0.2) is 76.2 Å². The van der Waals surface area contributed by atoms with Crippen molar-refractivity contribution in [2.45, 2.75) is 75.3 Å². The molecule has 0 aliphatic carbocycles. The lowest BCUT2D eigenvalue weighted by Gasteiger charge is -2.34. The Balaban J connectivity index is 1.62. The van der Waals surface area contributed by atoms with E-state index in [0.29, 0.717) is 31.5 Å². The summed E-state index contributed by atoms with van der Waals surface area (Å²) in [4.78, 5) is 44.9. The Bertz CT molecular complexity index is 1000. The zero-order valence-corrected chi connectivity index (χ0v) is 23.3. The Labute approximate surface area is 224 Å². The van der Waals surface area contributed by atoms with Gasteiger partial charge in [-0.05, 0) is 84.1 Å². The second kappa shape index (κ2) is 11.2. The summed E-state index contributed by atoms with van der Waals surface area (Å²) in [5.41, 5.74) is 1.79. The molecule has 0 saturated carbocycles. The van der Waals surface area contributed by atoms with Gasteiger partial charge in [-0.25, -0.2) is 0 Å². The van der Waals surface area contributed by atoms with E-state index >= 15 is 0 Å². The highest BCUT2D eigenvalue weighted by molar-refractivity contribution is 8.02. The summed E-state index contributed by atoms with van der Waals surface area (Å²) >= 11 is 1.65.